The van der Waals surface area contributed by atoms with Crippen LogP contribution < -0.4 is 16.6 Å². The van der Waals surface area contributed by atoms with E-state index in [9.17, 15) is 0 Å². The van der Waals surface area contributed by atoms with Gasteiger partial charge in [0.05, 0.1) is 0 Å². The molecule has 13 heavy (non-hydrogen) atoms. The Bertz CT molecular complexity index is 202. The SMILES string of the molecule is CN=C(NN)NC1C2CCCCC21. The van der Waals surface area contributed by atoms with E-state index >= 15 is 0 Å². The Morgan fingerprint density at radius 2 is 1.92 bits per heavy atom. The maximum absolute atomic E-state index is 5.31. The molecule has 2 aliphatic rings. The quantitative estimate of drug-likeness (QED) is 0.235. The van der Waals surface area contributed by atoms with Crippen molar-refractivity contribution in [2.45, 2.75) is 31.7 Å². The van der Waals surface area contributed by atoms with E-state index in [0.717, 1.165) is 17.8 Å². The Kier molecular flexibility index (Phi) is 2.40. The van der Waals surface area contributed by atoms with Crippen LogP contribution in [0.25, 0.3) is 0 Å². The van der Waals surface area contributed by atoms with E-state index in [-0.39, 0.29) is 0 Å². The van der Waals surface area contributed by atoms with Crippen LogP contribution >= 0.6 is 0 Å². The molecule has 0 aromatic carbocycles. The van der Waals surface area contributed by atoms with Crippen molar-refractivity contribution in [3.05, 3.63) is 0 Å². The molecule has 0 heterocycles. The van der Waals surface area contributed by atoms with Crippen molar-refractivity contribution in [2.24, 2.45) is 22.7 Å². The van der Waals surface area contributed by atoms with Crippen LogP contribution in [0.5, 0.6) is 0 Å². The van der Waals surface area contributed by atoms with E-state index in [2.05, 4.69) is 15.7 Å². The van der Waals surface area contributed by atoms with Crippen LogP contribution in [0.2, 0.25) is 0 Å². The maximum Gasteiger partial charge on any atom is 0.205 e. The maximum atomic E-state index is 5.31. The first-order valence-electron chi connectivity index (χ1n) is 5.06. The van der Waals surface area contributed by atoms with Crippen molar-refractivity contribution in [1.82, 2.24) is 10.7 Å². The fraction of sp³-hybridized carbons (Fsp3) is 0.889. The standard InChI is InChI=1S/C9H18N4/c1-11-9(13-10)12-8-6-4-2-3-5-7(6)8/h6-8H,2-5,10H2,1H3,(H2,11,12,13). The topological polar surface area (TPSA) is 62.4 Å². The van der Waals surface area contributed by atoms with Crippen LogP contribution in [-0.4, -0.2) is 19.0 Å². The number of fused-ring (bicyclic) bond motifs is 1. The smallest absolute Gasteiger partial charge is 0.205 e. The second-order valence-corrected chi connectivity index (χ2v) is 4.00. The van der Waals surface area contributed by atoms with Crippen LogP contribution in [-0.2, 0) is 0 Å². The summed E-state index contributed by atoms with van der Waals surface area (Å²) in [6.45, 7) is 0. The summed E-state index contributed by atoms with van der Waals surface area (Å²) >= 11 is 0. The van der Waals surface area contributed by atoms with Crippen molar-refractivity contribution in [3.8, 4) is 0 Å². The molecule has 4 heteroatoms. The average Bonchev–Trinajstić information content (AvgIpc) is 2.88. The van der Waals surface area contributed by atoms with Gasteiger partial charge in [-0.1, -0.05) is 12.8 Å². The number of hydrazine groups is 1. The lowest BCUT2D eigenvalue weighted by Crippen LogP contribution is -2.43. The van der Waals surface area contributed by atoms with Crippen LogP contribution in [0.3, 0.4) is 0 Å². The van der Waals surface area contributed by atoms with E-state index in [0.29, 0.717) is 6.04 Å². The first-order chi connectivity index (χ1) is 6.36. The van der Waals surface area contributed by atoms with Gasteiger partial charge in [-0.15, -0.1) is 0 Å². The Balaban J connectivity index is 1.84. The summed E-state index contributed by atoms with van der Waals surface area (Å²) in [4.78, 5) is 4.01. The third-order valence-corrected chi connectivity index (χ3v) is 3.32. The summed E-state index contributed by atoms with van der Waals surface area (Å²) in [6.07, 6.45) is 5.55. The van der Waals surface area contributed by atoms with Crippen molar-refractivity contribution >= 4 is 5.96 Å². The zero-order chi connectivity index (χ0) is 9.26. The number of rotatable bonds is 1. The number of nitrogens with one attached hydrogen (secondary N) is 2. The summed E-state index contributed by atoms with van der Waals surface area (Å²) in [5.41, 5.74) is 2.57. The molecule has 2 saturated carbocycles. The first-order valence-corrected chi connectivity index (χ1v) is 5.06. The highest BCUT2D eigenvalue weighted by molar-refractivity contribution is 5.79. The van der Waals surface area contributed by atoms with Gasteiger partial charge in [-0.2, -0.15) is 0 Å². The largest absolute Gasteiger partial charge is 0.352 e. The van der Waals surface area contributed by atoms with E-state index in [1.54, 1.807) is 7.05 Å². The molecular formula is C9H18N4. The lowest BCUT2D eigenvalue weighted by molar-refractivity contribution is 0.480. The number of nitrogens with two attached hydrogens (primary N) is 1. The van der Waals surface area contributed by atoms with Crippen LogP contribution in [0.4, 0.5) is 0 Å². The molecule has 0 aromatic heterocycles. The van der Waals surface area contributed by atoms with Gasteiger partial charge < -0.3 is 5.32 Å². The third-order valence-electron chi connectivity index (χ3n) is 3.32. The second kappa shape index (κ2) is 3.54. The molecule has 4 nitrogen and oxygen atoms in total. The number of hydrogen-bond acceptors (Lipinski definition) is 2. The Hall–Kier alpha value is -0.770. The Morgan fingerprint density at radius 1 is 1.31 bits per heavy atom. The molecule has 2 atom stereocenters. The molecule has 0 saturated heterocycles. The van der Waals surface area contributed by atoms with Gasteiger partial charge in [0.1, 0.15) is 0 Å². The summed E-state index contributed by atoms with van der Waals surface area (Å²) in [5.74, 6) is 7.80. The first kappa shape index (κ1) is 8.81. The lowest BCUT2D eigenvalue weighted by atomic mass is 10.0. The fourth-order valence-corrected chi connectivity index (χ4v) is 2.54. The number of aliphatic imine (C=N–C) groups is 1. The molecule has 0 radical (unpaired) electrons. The van der Waals surface area contributed by atoms with Gasteiger partial charge in [0, 0.05) is 13.1 Å². The summed E-state index contributed by atoms with van der Waals surface area (Å²) in [7, 11) is 1.74. The molecule has 0 bridgehead atoms. The highest BCUT2D eigenvalue weighted by atomic mass is 15.3. The van der Waals surface area contributed by atoms with Gasteiger partial charge in [0.2, 0.25) is 5.96 Å². The molecule has 4 N–H and O–H groups in total. The lowest BCUT2D eigenvalue weighted by Gasteiger charge is -2.06. The van der Waals surface area contributed by atoms with E-state index in [1.165, 1.54) is 25.7 Å². The summed E-state index contributed by atoms with van der Waals surface area (Å²) in [5, 5.41) is 3.35. The predicted octanol–water partition coefficient (Wildman–Crippen LogP) is 0.214. The van der Waals surface area contributed by atoms with Crippen molar-refractivity contribution < 1.29 is 0 Å². The monoisotopic (exact) mass is 182 g/mol. The van der Waals surface area contributed by atoms with E-state index < -0.39 is 0 Å². The summed E-state index contributed by atoms with van der Waals surface area (Å²) < 4.78 is 0. The minimum atomic E-state index is 0.636. The van der Waals surface area contributed by atoms with Crippen LogP contribution in [0.1, 0.15) is 25.7 Å². The van der Waals surface area contributed by atoms with Crippen LogP contribution in [0, 0.1) is 11.8 Å². The molecule has 74 valence electrons. The zero-order valence-electron chi connectivity index (χ0n) is 8.09. The summed E-state index contributed by atoms with van der Waals surface area (Å²) in [6, 6.07) is 0.636. The molecule has 0 spiro atoms. The highest BCUT2D eigenvalue weighted by Crippen LogP contribution is 2.49. The minimum Gasteiger partial charge on any atom is -0.352 e. The molecule has 0 aromatic rings. The highest BCUT2D eigenvalue weighted by Gasteiger charge is 2.50. The van der Waals surface area contributed by atoms with Gasteiger partial charge in [-0.25, -0.2) is 5.84 Å². The fourth-order valence-electron chi connectivity index (χ4n) is 2.54. The van der Waals surface area contributed by atoms with Crippen molar-refractivity contribution in [3.63, 3.8) is 0 Å². The minimum absolute atomic E-state index is 0.636. The van der Waals surface area contributed by atoms with Gasteiger partial charge in [-0.3, -0.25) is 10.4 Å². The van der Waals surface area contributed by atoms with E-state index in [1.807, 2.05) is 0 Å². The Labute approximate surface area is 79.0 Å². The van der Waals surface area contributed by atoms with E-state index in [4.69, 9.17) is 5.84 Å². The van der Waals surface area contributed by atoms with Gasteiger partial charge in [0.25, 0.3) is 0 Å². The predicted molar refractivity (Wildman–Crippen MR) is 53.1 cm³/mol. The van der Waals surface area contributed by atoms with Gasteiger partial charge >= 0.3 is 0 Å². The van der Waals surface area contributed by atoms with Gasteiger partial charge in [0.15, 0.2) is 0 Å². The number of nitrogens with zero attached hydrogens (tertiary/aromatic N) is 1. The normalized spacial score (nSPS) is 38.0. The second-order valence-electron chi connectivity index (χ2n) is 4.00. The van der Waals surface area contributed by atoms with Crippen LogP contribution in [0.15, 0.2) is 4.99 Å². The zero-order valence-corrected chi connectivity index (χ0v) is 8.09. The third kappa shape index (κ3) is 1.63. The molecule has 2 rings (SSSR count). The number of guanidine groups is 1. The number of hydrogen-bond donors (Lipinski definition) is 3. The molecular weight excluding hydrogens is 164 g/mol. The molecule has 0 amide bonds. The molecule has 2 unspecified atom stereocenters. The van der Waals surface area contributed by atoms with Crippen molar-refractivity contribution in [1.29, 1.82) is 0 Å². The van der Waals surface area contributed by atoms with Crippen molar-refractivity contribution in [2.75, 3.05) is 7.05 Å². The average molecular weight is 182 g/mol. The molecule has 2 aliphatic carbocycles. The molecule has 0 aliphatic heterocycles. The molecule has 2 fully saturated rings. The van der Waals surface area contributed by atoms with Gasteiger partial charge in [-0.05, 0) is 24.7 Å². The Morgan fingerprint density at radius 3 is 2.38 bits per heavy atom.